The van der Waals surface area contributed by atoms with E-state index in [0.29, 0.717) is 11.3 Å². The van der Waals surface area contributed by atoms with Crippen LogP contribution >= 0.6 is 11.8 Å². The summed E-state index contributed by atoms with van der Waals surface area (Å²) < 4.78 is 0. The van der Waals surface area contributed by atoms with Crippen LogP contribution in [-0.4, -0.2) is 34.3 Å². The predicted molar refractivity (Wildman–Crippen MR) is 70.9 cm³/mol. The SMILES string of the molecule is CCSC1CCC1(O)CNC(CC)C1CC1. The lowest BCUT2D eigenvalue weighted by molar-refractivity contribution is -0.0258. The van der Waals surface area contributed by atoms with E-state index in [4.69, 9.17) is 0 Å². The van der Waals surface area contributed by atoms with Crippen LogP contribution in [0, 0.1) is 5.92 Å². The van der Waals surface area contributed by atoms with Gasteiger partial charge in [0.05, 0.1) is 5.60 Å². The molecule has 2 aliphatic rings. The quantitative estimate of drug-likeness (QED) is 0.720. The van der Waals surface area contributed by atoms with Gasteiger partial charge in [0, 0.05) is 17.8 Å². The first-order valence-electron chi connectivity index (χ1n) is 6.77. The Balaban J connectivity index is 1.75. The molecule has 0 aromatic rings. The van der Waals surface area contributed by atoms with Gasteiger partial charge in [-0.25, -0.2) is 0 Å². The summed E-state index contributed by atoms with van der Waals surface area (Å²) in [4.78, 5) is 0. The van der Waals surface area contributed by atoms with Gasteiger partial charge in [-0.15, -0.1) is 0 Å². The van der Waals surface area contributed by atoms with E-state index >= 15 is 0 Å². The molecule has 0 spiro atoms. The molecule has 2 rings (SSSR count). The third-order valence-corrected chi connectivity index (χ3v) is 5.52. The van der Waals surface area contributed by atoms with E-state index < -0.39 is 5.60 Å². The molecule has 0 radical (unpaired) electrons. The minimum absolute atomic E-state index is 0.414. The van der Waals surface area contributed by atoms with Gasteiger partial charge in [0.25, 0.3) is 0 Å². The van der Waals surface area contributed by atoms with Gasteiger partial charge in [-0.3, -0.25) is 0 Å². The minimum atomic E-state index is -0.414. The fourth-order valence-electron chi connectivity index (χ4n) is 2.69. The minimum Gasteiger partial charge on any atom is -0.387 e. The van der Waals surface area contributed by atoms with Crippen LogP contribution in [0.1, 0.15) is 46.0 Å². The first-order valence-corrected chi connectivity index (χ1v) is 7.82. The smallest absolute Gasteiger partial charge is 0.0889 e. The summed E-state index contributed by atoms with van der Waals surface area (Å²) in [5.74, 6) is 2.01. The molecule has 3 heteroatoms. The molecule has 94 valence electrons. The number of nitrogens with one attached hydrogen (secondary N) is 1. The van der Waals surface area contributed by atoms with Crippen LogP contribution in [0.5, 0.6) is 0 Å². The molecule has 0 heterocycles. The molecule has 0 aromatic carbocycles. The molecule has 3 atom stereocenters. The molecule has 0 aliphatic heterocycles. The molecule has 0 saturated heterocycles. The lowest BCUT2D eigenvalue weighted by Gasteiger charge is -2.45. The Morgan fingerprint density at radius 2 is 2.12 bits per heavy atom. The number of thioether (sulfide) groups is 1. The van der Waals surface area contributed by atoms with Gasteiger partial charge < -0.3 is 10.4 Å². The van der Waals surface area contributed by atoms with E-state index in [1.807, 2.05) is 11.8 Å². The first-order chi connectivity index (χ1) is 7.69. The van der Waals surface area contributed by atoms with Crippen molar-refractivity contribution < 1.29 is 5.11 Å². The Kier molecular flexibility index (Phi) is 4.20. The van der Waals surface area contributed by atoms with Gasteiger partial charge in [-0.2, -0.15) is 11.8 Å². The fourth-order valence-corrected chi connectivity index (χ4v) is 3.89. The van der Waals surface area contributed by atoms with Crippen LogP contribution in [-0.2, 0) is 0 Å². The second-order valence-electron chi connectivity index (χ2n) is 5.32. The topological polar surface area (TPSA) is 32.3 Å². The largest absolute Gasteiger partial charge is 0.387 e. The van der Waals surface area contributed by atoms with Crippen LogP contribution in [0.25, 0.3) is 0 Å². The van der Waals surface area contributed by atoms with Crippen molar-refractivity contribution in [2.75, 3.05) is 12.3 Å². The number of hydrogen-bond donors (Lipinski definition) is 2. The molecule has 0 amide bonds. The van der Waals surface area contributed by atoms with Gasteiger partial charge in [-0.1, -0.05) is 13.8 Å². The Hall–Kier alpha value is 0.270. The highest BCUT2D eigenvalue weighted by molar-refractivity contribution is 8.00. The molecule has 2 N–H and O–H groups in total. The van der Waals surface area contributed by atoms with Gasteiger partial charge in [-0.05, 0) is 43.8 Å². The molecular weight excluding hydrogens is 218 g/mol. The van der Waals surface area contributed by atoms with Crippen LogP contribution < -0.4 is 5.32 Å². The summed E-state index contributed by atoms with van der Waals surface area (Å²) in [6.07, 6.45) is 6.15. The maximum absolute atomic E-state index is 10.5. The van der Waals surface area contributed by atoms with Gasteiger partial charge in [0.2, 0.25) is 0 Å². The summed E-state index contributed by atoms with van der Waals surface area (Å²) in [6, 6.07) is 0.650. The average molecular weight is 243 g/mol. The van der Waals surface area contributed by atoms with E-state index in [1.54, 1.807) is 0 Å². The summed E-state index contributed by atoms with van der Waals surface area (Å²) >= 11 is 1.92. The molecule has 2 saturated carbocycles. The second-order valence-corrected chi connectivity index (χ2v) is 6.80. The van der Waals surface area contributed by atoms with Crippen molar-refractivity contribution in [2.24, 2.45) is 5.92 Å². The molecule has 2 fully saturated rings. The van der Waals surface area contributed by atoms with Gasteiger partial charge >= 0.3 is 0 Å². The van der Waals surface area contributed by atoms with E-state index in [1.165, 1.54) is 25.7 Å². The molecule has 16 heavy (non-hydrogen) atoms. The summed E-state index contributed by atoms with van der Waals surface area (Å²) in [6.45, 7) is 5.23. The van der Waals surface area contributed by atoms with Crippen LogP contribution in [0.4, 0.5) is 0 Å². The summed E-state index contributed by atoms with van der Waals surface area (Å²) in [5.41, 5.74) is -0.414. The highest BCUT2D eigenvalue weighted by atomic mass is 32.2. The maximum atomic E-state index is 10.5. The first kappa shape index (κ1) is 12.7. The molecule has 2 aliphatic carbocycles. The summed E-state index contributed by atoms with van der Waals surface area (Å²) in [5, 5.41) is 14.5. The highest BCUT2D eigenvalue weighted by Crippen LogP contribution is 2.41. The van der Waals surface area contributed by atoms with E-state index in [9.17, 15) is 5.11 Å². The van der Waals surface area contributed by atoms with Crippen molar-refractivity contribution in [3.05, 3.63) is 0 Å². The molecule has 2 nitrogen and oxygen atoms in total. The van der Waals surface area contributed by atoms with Crippen LogP contribution in [0.3, 0.4) is 0 Å². The normalized spacial score (nSPS) is 35.8. The van der Waals surface area contributed by atoms with Crippen molar-refractivity contribution in [1.82, 2.24) is 5.32 Å². The Bertz CT molecular complexity index is 232. The van der Waals surface area contributed by atoms with Crippen molar-refractivity contribution in [1.29, 1.82) is 0 Å². The molecule has 0 aromatic heterocycles. The standard InChI is InChI=1S/C13H25NOS/c1-3-11(10-5-6-10)14-9-13(15)8-7-12(13)16-4-2/h10-12,14-15H,3-9H2,1-2H3. The molecule has 3 unspecified atom stereocenters. The Morgan fingerprint density at radius 1 is 1.38 bits per heavy atom. The van der Waals surface area contributed by atoms with Crippen molar-refractivity contribution in [3.8, 4) is 0 Å². The second kappa shape index (κ2) is 5.28. The zero-order chi connectivity index (χ0) is 11.6. The molecular formula is C13H25NOS. The number of hydrogen-bond acceptors (Lipinski definition) is 3. The van der Waals surface area contributed by atoms with E-state index in [2.05, 4.69) is 19.2 Å². The highest BCUT2D eigenvalue weighted by Gasteiger charge is 2.45. The number of rotatable bonds is 7. The van der Waals surface area contributed by atoms with E-state index in [0.717, 1.165) is 24.6 Å². The third kappa shape index (κ3) is 2.74. The Morgan fingerprint density at radius 3 is 2.56 bits per heavy atom. The number of aliphatic hydroxyl groups is 1. The average Bonchev–Trinajstić information content (AvgIpc) is 3.09. The summed E-state index contributed by atoms with van der Waals surface area (Å²) in [7, 11) is 0. The van der Waals surface area contributed by atoms with Crippen molar-refractivity contribution in [2.45, 2.75) is 62.8 Å². The molecule has 0 bridgehead atoms. The third-order valence-electron chi connectivity index (χ3n) is 4.11. The van der Waals surface area contributed by atoms with Crippen LogP contribution in [0.15, 0.2) is 0 Å². The zero-order valence-corrected chi connectivity index (χ0v) is 11.4. The van der Waals surface area contributed by atoms with Crippen LogP contribution in [0.2, 0.25) is 0 Å². The monoisotopic (exact) mass is 243 g/mol. The zero-order valence-electron chi connectivity index (χ0n) is 10.5. The Labute approximate surface area is 104 Å². The maximum Gasteiger partial charge on any atom is 0.0889 e. The fraction of sp³-hybridized carbons (Fsp3) is 1.00. The lowest BCUT2D eigenvalue weighted by Crippen LogP contribution is -2.57. The van der Waals surface area contributed by atoms with Gasteiger partial charge in [0.1, 0.15) is 0 Å². The van der Waals surface area contributed by atoms with Crippen molar-refractivity contribution in [3.63, 3.8) is 0 Å². The lowest BCUT2D eigenvalue weighted by atomic mass is 9.79. The van der Waals surface area contributed by atoms with E-state index in [-0.39, 0.29) is 0 Å². The van der Waals surface area contributed by atoms with Crippen molar-refractivity contribution >= 4 is 11.8 Å². The predicted octanol–water partition coefficient (Wildman–Crippen LogP) is 2.41. The van der Waals surface area contributed by atoms with Gasteiger partial charge in [0.15, 0.2) is 0 Å².